The average molecular weight is 192 g/mol. The smallest absolute Gasteiger partial charge is 0.222 e. The quantitative estimate of drug-likeness (QED) is 0.624. The van der Waals surface area contributed by atoms with Crippen molar-refractivity contribution >= 4 is 28.4 Å². The molecule has 2 nitrogen and oxygen atoms in total. The molecule has 0 aliphatic carbocycles. The molecule has 0 aromatic carbocycles. The Morgan fingerprint density at radius 2 is 2.64 bits per heavy atom. The van der Waals surface area contributed by atoms with Crippen molar-refractivity contribution in [2.75, 3.05) is 13.2 Å². The van der Waals surface area contributed by atoms with E-state index < -0.39 is 0 Å². The lowest BCUT2D eigenvalue weighted by Crippen LogP contribution is -2.05. The van der Waals surface area contributed by atoms with Gasteiger partial charge in [-0.1, -0.05) is 0 Å². The third kappa shape index (κ3) is 3.40. The Morgan fingerprint density at radius 1 is 1.82 bits per heavy atom. The second-order valence-electron chi connectivity index (χ2n) is 2.24. The number of rotatable bonds is 2. The highest BCUT2D eigenvalue weighted by Gasteiger charge is 2.18. The summed E-state index contributed by atoms with van der Waals surface area (Å²) in [6.07, 6.45) is 2.24. The molecule has 1 rings (SSSR count). The van der Waals surface area contributed by atoms with E-state index in [-0.39, 0.29) is 5.44 Å². The van der Waals surface area contributed by atoms with E-state index in [1.54, 1.807) is 0 Å². The van der Waals surface area contributed by atoms with Gasteiger partial charge in [0.05, 0.1) is 6.61 Å². The highest BCUT2D eigenvalue weighted by molar-refractivity contribution is 8.22. The van der Waals surface area contributed by atoms with Crippen LogP contribution >= 0.6 is 24.0 Å². The first-order valence-electron chi connectivity index (χ1n) is 3.78. The maximum Gasteiger partial charge on any atom is 0.222 e. The Bertz CT molecular complexity index is 132. The predicted molar refractivity (Wildman–Crippen MR) is 50.8 cm³/mol. The molecule has 0 radical (unpaired) electrons. The van der Waals surface area contributed by atoms with Gasteiger partial charge in [-0.05, 0) is 43.7 Å². The van der Waals surface area contributed by atoms with Crippen molar-refractivity contribution in [2.24, 2.45) is 0 Å². The van der Waals surface area contributed by atoms with Crippen molar-refractivity contribution in [1.82, 2.24) is 0 Å². The standard InChI is InChI=1S/C7H12O2S2/c1-2-8-7(10)11-6-4-3-5-9-6/h6H,2-5H2,1H3. The van der Waals surface area contributed by atoms with Crippen molar-refractivity contribution in [3.63, 3.8) is 0 Å². The minimum Gasteiger partial charge on any atom is -0.479 e. The zero-order valence-corrected chi connectivity index (χ0v) is 8.17. The van der Waals surface area contributed by atoms with Crippen molar-refractivity contribution in [2.45, 2.75) is 25.2 Å². The minimum absolute atomic E-state index is 0.244. The summed E-state index contributed by atoms with van der Waals surface area (Å²) in [6.45, 7) is 3.45. The number of hydrogen-bond donors (Lipinski definition) is 0. The number of ether oxygens (including phenoxy) is 2. The van der Waals surface area contributed by atoms with Crippen LogP contribution in [-0.2, 0) is 9.47 Å². The first-order chi connectivity index (χ1) is 5.33. The highest BCUT2D eigenvalue weighted by Crippen LogP contribution is 2.25. The van der Waals surface area contributed by atoms with Crippen molar-refractivity contribution in [1.29, 1.82) is 0 Å². The van der Waals surface area contributed by atoms with Crippen LogP contribution in [0.3, 0.4) is 0 Å². The van der Waals surface area contributed by atoms with E-state index in [0.29, 0.717) is 11.0 Å². The lowest BCUT2D eigenvalue weighted by molar-refractivity contribution is 0.174. The molecule has 0 saturated carbocycles. The predicted octanol–water partition coefficient (Wildman–Crippen LogP) is 2.18. The van der Waals surface area contributed by atoms with E-state index in [4.69, 9.17) is 21.7 Å². The molecule has 0 aromatic rings. The summed E-state index contributed by atoms with van der Waals surface area (Å²) in [7, 11) is 0. The summed E-state index contributed by atoms with van der Waals surface area (Å²) in [6, 6.07) is 0. The van der Waals surface area contributed by atoms with Crippen LogP contribution in [0.15, 0.2) is 0 Å². The third-order valence-electron chi connectivity index (χ3n) is 1.38. The molecule has 1 aliphatic rings. The molecule has 4 heteroatoms. The van der Waals surface area contributed by atoms with E-state index >= 15 is 0 Å². The van der Waals surface area contributed by atoms with Crippen LogP contribution < -0.4 is 0 Å². The molecule has 0 N–H and O–H groups in total. The zero-order valence-electron chi connectivity index (χ0n) is 6.54. The summed E-state index contributed by atoms with van der Waals surface area (Å²) < 4.78 is 11.1. The lowest BCUT2D eigenvalue weighted by Gasteiger charge is -2.08. The highest BCUT2D eigenvalue weighted by atomic mass is 32.2. The van der Waals surface area contributed by atoms with Gasteiger partial charge in [0, 0.05) is 6.61 Å². The molecule has 0 aromatic heterocycles. The maximum atomic E-state index is 5.37. The van der Waals surface area contributed by atoms with Gasteiger partial charge in [-0.15, -0.1) is 0 Å². The van der Waals surface area contributed by atoms with Crippen LogP contribution in [0.25, 0.3) is 0 Å². The molecule has 1 heterocycles. The fourth-order valence-electron chi connectivity index (χ4n) is 0.900. The van der Waals surface area contributed by atoms with Gasteiger partial charge in [0.1, 0.15) is 5.44 Å². The molecule has 64 valence electrons. The van der Waals surface area contributed by atoms with E-state index in [9.17, 15) is 0 Å². The van der Waals surface area contributed by atoms with Gasteiger partial charge < -0.3 is 9.47 Å². The second kappa shape index (κ2) is 4.95. The zero-order chi connectivity index (χ0) is 8.10. The van der Waals surface area contributed by atoms with E-state index in [1.165, 1.54) is 11.8 Å². The molecule has 1 unspecified atom stereocenters. The third-order valence-corrected chi connectivity index (χ3v) is 2.73. The number of thiocarbonyl (C=S) groups is 1. The minimum atomic E-state index is 0.244. The summed E-state index contributed by atoms with van der Waals surface area (Å²) in [5.74, 6) is 0. The fourth-order valence-corrected chi connectivity index (χ4v) is 2.19. The topological polar surface area (TPSA) is 18.5 Å². The van der Waals surface area contributed by atoms with Gasteiger partial charge in [0.2, 0.25) is 4.38 Å². The fraction of sp³-hybridized carbons (Fsp3) is 0.857. The van der Waals surface area contributed by atoms with Gasteiger partial charge >= 0.3 is 0 Å². The SMILES string of the molecule is CCOC(=S)SC1CCCO1. The van der Waals surface area contributed by atoms with Crippen molar-refractivity contribution < 1.29 is 9.47 Å². The molecule has 1 saturated heterocycles. The van der Waals surface area contributed by atoms with E-state index in [1.807, 2.05) is 6.92 Å². The van der Waals surface area contributed by atoms with Gasteiger partial charge in [-0.3, -0.25) is 0 Å². The maximum absolute atomic E-state index is 5.37. The Labute approximate surface area is 76.6 Å². The molecular formula is C7H12O2S2. The van der Waals surface area contributed by atoms with Crippen LogP contribution in [0.2, 0.25) is 0 Å². The molecule has 11 heavy (non-hydrogen) atoms. The van der Waals surface area contributed by atoms with Crippen molar-refractivity contribution in [3.8, 4) is 0 Å². The Hall–Kier alpha value is 0.200. The van der Waals surface area contributed by atoms with Crippen LogP contribution in [0.4, 0.5) is 0 Å². The lowest BCUT2D eigenvalue weighted by atomic mass is 10.4. The first-order valence-corrected chi connectivity index (χ1v) is 5.06. The average Bonchev–Trinajstić information content (AvgIpc) is 2.40. The van der Waals surface area contributed by atoms with Crippen LogP contribution in [0.5, 0.6) is 0 Å². The molecule has 1 fully saturated rings. The van der Waals surface area contributed by atoms with Crippen molar-refractivity contribution in [3.05, 3.63) is 0 Å². The molecule has 0 bridgehead atoms. The number of hydrogen-bond acceptors (Lipinski definition) is 4. The molecule has 1 aliphatic heterocycles. The monoisotopic (exact) mass is 192 g/mol. The molecule has 1 atom stereocenters. The Kier molecular flexibility index (Phi) is 4.18. The molecular weight excluding hydrogens is 180 g/mol. The van der Waals surface area contributed by atoms with Crippen LogP contribution in [0.1, 0.15) is 19.8 Å². The van der Waals surface area contributed by atoms with Crippen LogP contribution in [0, 0.1) is 0 Å². The second-order valence-corrected chi connectivity index (χ2v) is 4.00. The van der Waals surface area contributed by atoms with E-state index in [2.05, 4.69) is 0 Å². The van der Waals surface area contributed by atoms with Gasteiger partial charge in [0.15, 0.2) is 0 Å². The summed E-state index contributed by atoms with van der Waals surface area (Å²) in [5, 5.41) is 0. The largest absolute Gasteiger partial charge is 0.479 e. The first kappa shape index (κ1) is 9.29. The molecule has 0 amide bonds. The Morgan fingerprint density at radius 3 is 3.18 bits per heavy atom. The summed E-state index contributed by atoms with van der Waals surface area (Å²) in [4.78, 5) is 0. The molecule has 0 spiro atoms. The van der Waals surface area contributed by atoms with Gasteiger partial charge in [-0.25, -0.2) is 0 Å². The van der Waals surface area contributed by atoms with Gasteiger partial charge in [0.25, 0.3) is 0 Å². The normalized spacial score (nSPS) is 23.5. The summed E-state index contributed by atoms with van der Waals surface area (Å²) in [5.41, 5.74) is 0.244. The van der Waals surface area contributed by atoms with Crippen LogP contribution in [-0.4, -0.2) is 23.0 Å². The summed E-state index contributed by atoms with van der Waals surface area (Å²) >= 11 is 6.47. The number of thioether (sulfide) groups is 1. The van der Waals surface area contributed by atoms with E-state index in [0.717, 1.165) is 19.4 Å². The Balaban J connectivity index is 2.13. The van der Waals surface area contributed by atoms with Gasteiger partial charge in [-0.2, -0.15) is 0 Å².